The second-order valence-electron chi connectivity index (χ2n) is 4.53. The van der Waals surface area contributed by atoms with Gasteiger partial charge in [0.05, 0.1) is 11.0 Å². The lowest BCUT2D eigenvalue weighted by Gasteiger charge is -2.05. The minimum Gasteiger partial charge on any atom is -0.312 e. The summed E-state index contributed by atoms with van der Waals surface area (Å²) in [6.45, 7) is 0. The fourth-order valence-electron chi connectivity index (χ4n) is 2.40. The van der Waals surface area contributed by atoms with E-state index in [0.717, 1.165) is 15.9 Å². The molecule has 4 aromatic rings. The molecule has 0 aliphatic carbocycles. The van der Waals surface area contributed by atoms with Crippen LogP contribution in [0.15, 0.2) is 60.1 Å². The van der Waals surface area contributed by atoms with Gasteiger partial charge in [-0.05, 0) is 23.6 Å². The summed E-state index contributed by atoms with van der Waals surface area (Å²) in [6.07, 6.45) is 1.97. The number of nitrogens with zero attached hydrogens (tertiary/aromatic N) is 2. The number of rotatable bonds is 2. The van der Waals surface area contributed by atoms with Gasteiger partial charge in [0.1, 0.15) is 10.5 Å². The van der Waals surface area contributed by atoms with Crippen LogP contribution in [-0.2, 0) is 0 Å². The van der Waals surface area contributed by atoms with Crippen molar-refractivity contribution in [3.8, 4) is 0 Å². The Morgan fingerprint density at radius 1 is 1.00 bits per heavy atom. The minimum atomic E-state index is -0.0374. The van der Waals surface area contributed by atoms with Crippen molar-refractivity contribution >= 4 is 33.0 Å². The summed E-state index contributed by atoms with van der Waals surface area (Å²) in [5, 5.41) is 1.99. The lowest BCUT2D eigenvalue weighted by molar-refractivity contribution is 0.103. The summed E-state index contributed by atoms with van der Waals surface area (Å²) in [5.41, 5.74) is 3.07. The molecule has 0 bridgehead atoms. The van der Waals surface area contributed by atoms with E-state index >= 15 is 0 Å². The van der Waals surface area contributed by atoms with Crippen molar-refractivity contribution in [2.45, 2.75) is 0 Å². The molecule has 0 fully saturated rings. The molecular weight excluding hydrogens is 268 g/mol. The highest BCUT2D eigenvalue weighted by molar-refractivity contribution is 7.16. The number of benzene rings is 1. The maximum Gasteiger partial charge on any atom is 0.213 e. The van der Waals surface area contributed by atoms with Crippen molar-refractivity contribution in [1.82, 2.24) is 9.38 Å². The number of hydrogen-bond acceptors (Lipinski definition) is 3. The first-order chi connectivity index (χ1) is 9.84. The Morgan fingerprint density at radius 3 is 2.70 bits per heavy atom. The number of aromatic nitrogens is 2. The molecule has 0 saturated carbocycles. The lowest BCUT2D eigenvalue weighted by Crippen LogP contribution is -2.06. The number of carbonyl (C=O) groups excluding carboxylic acids is 1. The monoisotopic (exact) mass is 278 g/mol. The summed E-state index contributed by atoms with van der Waals surface area (Å²) >= 11 is 1.55. The molecule has 0 amide bonds. The summed E-state index contributed by atoms with van der Waals surface area (Å²) in [5.74, 6) is -0.0374. The van der Waals surface area contributed by atoms with E-state index in [0.29, 0.717) is 11.3 Å². The van der Waals surface area contributed by atoms with Gasteiger partial charge in [0, 0.05) is 11.8 Å². The van der Waals surface area contributed by atoms with Gasteiger partial charge >= 0.3 is 0 Å². The Balaban J connectivity index is 2.02. The van der Waals surface area contributed by atoms with E-state index < -0.39 is 0 Å². The third-order valence-corrected chi connectivity index (χ3v) is 4.14. The molecule has 1 aromatic carbocycles. The van der Waals surface area contributed by atoms with E-state index in [1.807, 2.05) is 64.5 Å². The molecule has 4 heteroatoms. The third kappa shape index (κ3) is 1.58. The lowest BCUT2D eigenvalue weighted by atomic mass is 10.1. The van der Waals surface area contributed by atoms with Crippen molar-refractivity contribution in [1.29, 1.82) is 0 Å². The molecule has 0 aliphatic heterocycles. The van der Waals surface area contributed by atoms with E-state index in [2.05, 4.69) is 4.98 Å². The normalized spacial score (nSPS) is 11.2. The topological polar surface area (TPSA) is 34.4 Å². The number of fused-ring (bicyclic) bond motifs is 3. The molecule has 3 aromatic heterocycles. The van der Waals surface area contributed by atoms with Crippen LogP contribution in [0.4, 0.5) is 0 Å². The molecule has 3 nitrogen and oxygen atoms in total. The Hall–Kier alpha value is -2.46. The first kappa shape index (κ1) is 11.4. The molecule has 0 radical (unpaired) electrons. The number of hydrogen-bond donors (Lipinski definition) is 0. The summed E-state index contributed by atoms with van der Waals surface area (Å²) in [4.78, 5) is 18.1. The van der Waals surface area contributed by atoms with Gasteiger partial charge in [-0.3, -0.25) is 4.79 Å². The molecule has 0 N–H and O–H groups in total. The second kappa shape index (κ2) is 4.28. The highest BCUT2D eigenvalue weighted by Crippen LogP contribution is 2.24. The van der Waals surface area contributed by atoms with E-state index in [9.17, 15) is 4.79 Å². The molecule has 3 heterocycles. The molecule has 96 valence electrons. The Kier molecular flexibility index (Phi) is 2.44. The van der Waals surface area contributed by atoms with Crippen LogP contribution >= 0.6 is 11.3 Å². The van der Waals surface area contributed by atoms with Crippen molar-refractivity contribution in [3.05, 3.63) is 71.4 Å². The molecule has 0 saturated heterocycles. The van der Waals surface area contributed by atoms with E-state index in [-0.39, 0.29) is 5.78 Å². The van der Waals surface area contributed by atoms with Gasteiger partial charge in [-0.25, -0.2) is 4.98 Å². The number of thiophene rings is 1. The van der Waals surface area contributed by atoms with Gasteiger partial charge in [0.2, 0.25) is 5.78 Å². The van der Waals surface area contributed by atoms with Crippen LogP contribution in [0, 0.1) is 0 Å². The number of carbonyl (C=O) groups is 1. The highest BCUT2D eigenvalue weighted by Gasteiger charge is 2.16. The van der Waals surface area contributed by atoms with Crippen molar-refractivity contribution in [3.63, 3.8) is 0 Å². The van der Waals surface area contributed by atoms with Crippen molar-refractivity contribution < 1.29 is 4.79 Å². The summed E-state index contributed by atoms with van der Waals surface area (Å²) in [6, 6.07) is 15.2. The van der Waals surface area contributed by atoms with Crippen LogP contribution in [0.25, 0.3) is 15.9 Å². The van der Waals surface area contributed by atoms with Crippen LogP contribution in [0.2, 0.25) is 0 Å². The predicted octanol–water partition coefficient (Wildman–Crippen LogP) is 3.78. The van der Waals surface area contributed by atoms with Crippen LogP contribution < -0.4 is 0 Å². The Morgan fingerprint density at radius 2 is 1.85 bits per heavy atom. The van der Waals surface area contributed by atoms with Crippen LogP contribution in [0.3, 0.4) is 0 Å². The van der Waals surface area contributed by atoms with Gasteiger partial charge in [-0.2, -0.15) is 0 Å². The Labute approximate surface area is 119 Å². The van der Waals surface area contributed by atoms with Crippen LogP contribution in [0.1, 0.15) is 16.1 Å². The zero-order valence-electron chi connectivity index (χ0n) is 10.5. The van der Waals surface area contributed by atoms with E-state index in [1.54, 1.807) is 11.3 Å². The zero-order valence-corrected chi connectivity index (χ0v) is 11.3. The predicted molar refractivity (Wildman–Crippen MR) is 80.4 cm³/mol. The quantitative estimate of drug-likeness (QED) is 0.523. The summed E-state index contributed by atoms with van der Waals surface area (Å²) < 4.78 is 2.02. The fraction of sp³-hybridized carbons (Fsp3) is 0. The van der Waals surface area contributed by atoms with Crippen LogP contribution in [-0.4, -0.2) is 15.2 Å². The summed E-state index contributed by atoms with van der Waals surface area (Å²) in [7, 11) is 0. The number of ketones is 1. The maximum absolute atomic E-state index is 12.7. The van der Waals surface area contributed by atoms with Gasteiger partial charge in [0.15, 0.2) is 0 Å². The molecule has 0 spiro atoms. The average Bonchev–Trinajstić information content (AvgIpc) is 3.14. The minimum absolute atomic E-state index is 0.0374. The largest absolute Gasteiger partial charge is 0.312 e. The van der Waals surface area contributed by atoms with E-state index in [4.69, 9.17) is 0 Å². The molecule has 4 rings (SSSR count). The van der Waals surface area contributed by atoms with Crippen molar-refractivity contribution in [2.75, 3.05) is 0 Å². The average molecular weight is 278 g/mol. The van der Waals surface area contributed by atoms with Crippen molar-refractivity contribution in [2.24, 2.45) is 0 Å². The molecular formula is C16H10N2OS. The molecule has 20 heavy (non-hydrogen) atoms. The first-order valence-corrected chi connectivity index (χ1v) is 7.16. The third-order valence-electron chi connectivity index (χ3n) is 3.34. The fourth-order valence-corrected chi connectivity index (χ4v) is 3.15. The Bertz CT molecular complexity index is 921. The standard InChI is InChI=1S/C16H10N2OS/c19-15(11-5-2-1-3-6-11)14-12-7-4-9-18(12)13-8-10-20-16(13)17-14/h1-10H. The van der Waals surface area contributed by atoms with Crippen LogP contribution in [0.5, 0.6) is 0 Å². The highest BCUT2D eigenvalue weighted by atomic mass is 32.1. The second-order valence-corrected chi connectivity index (χ2v) is 5.42. The van der Waals surface area contributed by atoms with Gasteiger partial charge < -0.3 is 4.40 Å². The SMILES string of the molecule is O=C(c1ccccc1)c1nc2sccc2n2cccc12. The molecule has 0 aliphatic rings. The maximum atomic E-state index is 12.7. The zero-order chi connectivity index (χ0) is 13.5. The van der Waals surface area contributed by atoms with Gasteiger partial charge in [-0.15, -0.1) is 11.3 Å². The molecule has 0 unspecified atom stereocenters. The smallest absolute Gasteiger partial charge is 0.213 e. The van der Waals surface area contributed by atoms with E-state index in [1.165, 1.54) is 0 Å². The first-order valence-electron chi connectivity index (χ1n) is 6.28. The molecule has 0 atom stereocenters. The van der Waals surface area contributed by atoms with Gasteiger partial charge in [-0.1, -0.05) is 30.3 Å². The van der Waals surface area contributed by atoms with Gasteiger partial charge in [0.25, 0.3) is 0 Å².